The molecule has 0 atom stereocenters. The smallest absolute Gasteiger partial charge is 0.255 e. The van der Waals surface area contributed by atoms with E-state index in [1.54, 1.807) is 42.3 Å². The van der Waals surface area contributed by atoms with Gasteiger partial charge in [-0.2, -0.15) is 4.68 Å². The number of aromatic nitrogens is 4. The van der Waals surface area contributed by atoms with E-state index in [9.17, 15) is 4.79 Å². The van der Waals surface area contributed by atoms with Gasteiger partial charge in [0.15, 0.2) is 0 Å². The molecule has 1 aromatic heterocycles. The van der Waals surface area contributed by atoms with Gasteiger partial charge in [-0.25, -0.2) is 0 Å². The quantitative estimate of drug-likeness (QED) is 0.677. The maximum atomic E-state index is 12.7. The van der Waals surface area contributed by atoms with E-state index >= 15 is 0 Å². The van der Waals surface area contributed by atoms with Crippen molar-refractivity contribution in [3.63, 3.8) is 0 Å². The van der Waals surface area contributed by atoms with Crippen molar-refractivity contribution in [1.82, 2.24) is 25.1 Å². The molecule has 0 N–H and O–H groups in total. The Morgan fingerprint density at radius 1 is 1.24 bits per heavy atom. The molecule has 2 aromatic carbocycles. The first-order valence-corrected chi connectivity index (χ1v) is 7.99. The molecular formula is C17H16ClN5O2. The van der Waals surface area contributed by atoms with Gasteiger partial charge >= 0.3 is 0 Å². The van der Waals surface area contributed by atoms with Crippen LogP contribution in [0.2, 0.25) is 5.02 Å². The van der Waals surface area contributed by atoms with E-state index in [1.807, 2.05) is 18.2 Å². The van der Waals surface area contributed by atoms with E-state index in [-0.39, 0.29) is 5.91 Å². The van der Waals surface area contributed by atoms with E-state index in [0.29, 0.717) is 35.2 Å². The summed E-state index contributed by atoms with van der Waals surface area (Å²) >= 11 is 5.92. The molecule has 0 aliphatic rings. The minimum atomic E-state index is -0.138. The highest BCUT2D eigenvalue weighted by molar-refractivity contribution is 6.30. The Bertz CT molecular complexity index is 854. The zero-order valence-corrected chi connectivity index (χ0v) is 14.3. The maximum absolute atomic E-state index is 12.7. The van der Waals surface area contributed by atoms with Crippen molar-refractivity contribution in [1.29, 1.82) is 0 Å². The molecule has 0 aliphatic heterocycles. The summed E-state index contributed by atoms with van der Waals surface area (Å²) < 4.78 is 7.09. The second-order valence-corrected chi connectivity index (χ2v) is 5.74. The topological polar surface area (TPSA) is 73.1 Å². The molecule has 3 rings (SSSR count). The van der Waals surface area contributed by atoms with Crippen molar-refractivity contribution >= 4 is 17.5 Å². The number of benzene rings is 2. The Balaban J connectivity index is 1.65. The number of para-hydroxylation sites is 1. The average Bonchev–Trinajstić information content (AvgIpc) is 3.15. The van der Waals surface area contributed by atoms with Crippen LogP contribution in [0.3, 0.4) is 0 Å². The molecule has 25 heavy (non-hydrogen) atoms. The van der Waals surface area contributed by atoms with E-state index in [1.165, 1.54) is 11.0 Å². The molecule has 128 valence electrons. The van der Waals surface area contributed by atoms with Crippen molar-refractivity contribution in [2.45, 2.75) is 0 Å². The highest BCUT2D eigenvalue weighted by Crippen LogP contribution is 2.17. The second kappa shape index (κ2) is 7.76. The first kappa shape index (κ1) is 16.9. The molecule has 1 heterocycles. The van der Waals surface area contributed by atoms with Crippen LogP contribution in [0.5, 0.6) is 5.75 Å². The molecule has 7 nitrogen and oxygen atoms in total. The van der Waals surface area contributed by atoms with Crippen LogP contribution in [0.1, 0.15) is 10.4 Å². The lowest BCUT2D eigenvalue weighted by atomic mass is 10.1. The highest BCUT2D eigenvalue weighted by Gasteiger charge is 2.17. The number of tetrazole rings is 1. The van der Waals surface area contributed by atoms with Gasteiger partial charge < -0.3 is 9.64 Å². The summed E-state index contributed by atoms with van der Waals surface area (Å²) in [6.07, 6.45) is 1.45. The minimum absolute atomic E-state index is 0.138. The molecule has 0 radical (unpaired) electrons. The van der Waals surface area contributed by atoms with Gasteiger partial charge in [0, 0.05) is 12.1 Å². The second-order valence-electron chi connectivity index (χ2n) is 5.30. The Kier molecular flexibility index (Phi) is 5.25. The summed E-state index contributed by atoms with van der Waals surface area (Å²) in [6.45, 7) is 0.783. The van der Waals surface area contributed by atoms with Gasteiger partial charge in [-0.15, -0.1) is 5.10 Å². The third kappa shape index (κ3) is 4.13. The van der Waals surface area contributed by atoms with Gasteiger partial charge in [0.1, 0.15) is 18.7 Å². The Labute approximate surface area is 149 Å². The van der Waals surface area contributed by atoms with Crippen LogP contribution in [0.25, 0.3) is 5.69 Å². The third-order valence-electron chi connectivity index (χ3n) is 3.57. The molecule has 3 aromatic rings. The number of carbonyl (C=O) groups is 1. The number of halogens is 1. The number of hydrogen-bond acceptors (Lipinski definition) is 5. The third-order valence-corrected chi connectivity index (χ3v) is 3.80. The molecule has 0 saturated carbocycles. The first-order valence-electron chi connectivity index (χ1n) is 7.61. The van der Waals surface area contributed by atoms with Crippen LogP contribution >= 0.6 is 11.6 Å². The fraction of sp³-hybridized carbons (Fsp3) is 0.176. The zero-order chi connectivity index (χ0) is 17.6. The standard InChI is InChI=1S/C17H16ClN5O2/c1-22(9-10-25-14-6-4-5-13(18)11-14)17(24)15-7-2-3-8-16(15)23-12-19-20-21-23/h2-8,11-12H,9-10H2,1H3. The number of amides is 1. The summed E-state index contributed by atoms with van der Waals surface area (Å²) in [6, 6.07) is 14.3. The van der Waals surface area contributed by atoms with E-state index in [0.717, 1.165) is 0 Å². The number of hydrogen-bond donors (Lipinski definition) is 0. The Morgan fingerprint density at radius 3 is 2.84 bits per heavy atom. The number of carbonyl (C=O) groups excluding carboxylic acids is 1. The molecule has 1 amide bonds. The molecule has 0 bridgehead atoms. The fourth-order valence-electron chi connectivity index (χ4n) is 2.29. The molecule has 0 aliphatic carbocycles. The predicted octanol–water partition coefficient (Wildman–Crippen LogP) is 2.47. The van der Waals surface area contributed by atoms with Crippen LogP contribution in [0.15, 0.2) is 54.9 Å². The van der Waals surface area contributed by atoms with Gasteiger partial charge in [-0.3, -0.25) is 4.79 Å². The number of likely N-dealkylation sites (N-methyl/N-ethyl adjacent to an activating group) is 1. The fourth-order valence-corrected chi connectivity index (χ4v) is 2.47. The Hall–Kier alpha value is -2.93. The summed E-state index contributed by atoms with van der Waals surface area (Å²) in [5, 5.41) is 11.7. The maximum Gasteiger partial charge on any atom is 0.255 e. The highest BCUT2D eigenvalue weighted by atomic mass is 35.5. The van der Waals surface area contributed by atoms with Gasteiger partial charge in [0.2, 0.25) is 0 Å². The monoisotopic (exact) mass is 357 g/mol. The van der Waals surface area contributed by atoms with Crippen LogP contribution < -0.4 is 4.74 Å². The molecule has 0 unspecified atom stereocenters. The van der Waals surface area contributed by atoms with E-state index in [4.69, 9.17) is 16.3 Å². The van der Waals surface area contributed by atoms with Gasteiger partial charge in [-0.1, -0.05) is 29.8 Å². The van der Waals surface area contributed by atoms with Crippen LogP contribution in [-0.2, 0) is 0 Å². The van der Waals surface area contributed by atoms with Crippen LogP contribution in [0, 0.1) is 0 Å². The van der Waals surface area contributed by atoms with Crippen LogP contribution in [0.4, 0.5) is 0 Å². The van der Waals surface area contributed by atoms with E-state index < -0.39 is 0 Å². The van der Waals surface area contributed by atoms with E-state index in [2.05, 4.69) is 15.5 Å². The van der Waals surface area contributed by atoms with Gasteiger partial charge in [0.25, 0.3) is 5.91 Å². The lowest BCUT2D eigenvalue weighted by Crippen LogP contribution is -2.31. The number of rotatable bonds is 6. The van der Waals surface area contributed by atoms with Crippen LogP contribution in [-0.4, -0.2) is 51.2 Å². The van der Waals surface area contributed by atoms with Gasteiger partial charge in [0.05, 0.1) is 17.8 Å². The predicted molar refractivity (Wildman–Crippen MR) is 93.1 cm³/mol. The number of ether oxygens (including phenoxy) is 1. The molecule has 0 fully saturated rings. The summed E-state index contributed by atoms with van der Waals surface area (Å²) in [4.78, 5) is 14.3. The molecular weight excluding hydrogens is 342 g/mol. The normalized spacial score (nSPS) is 10.5. The average molecular weight is 358 g/mol. The minimum Gasteiger partial charge on any atom is -0.492 e. The molecule has 0 saturated heterocycles. The van der Waals surface area contributed by atoms with Crippen molar-refractivity contribution < 1.29 is 9.53 Å². The Morgan fingerprint density at radius 2 is 2.08 bits per heavy atom. The summed E-state index contributed by atoms with van der Waals surface area (Å²) in [5.41, 5.74) is 1.14. The summed E-state index contributed by atoms with van der Waals surface area (Å²) in [5.74, 6) is 0.531. The van der Waals surface area contributed by atoms with Crippen molar-refractivity contribution in [3.8, 4) is 11.4 Å². The zero-order valence-electron chi connectivity index (χ0n) is 13.5. The first-order chi connectivity index (χ1) is 12.1. The van der Waals surface area contributed by atoms with Crippen molar-refractivity contribution in [2.75, 3.05) is 20.2 Å². The number of nitrogens with zero attached hydrogens (tertiary/aromatic N) is 5. The lowest BCUT2D eigenvalue weighted by Gasteiger charge is -2.19. The lowest BCUT2D eigenvalue weighted by molar-refractivity contribution is 0.0773. The van der Waals surface area contributed by atoms with Crippen molar-refractivity contribution in [2.24, 2.45) is 0 Å². The molecule has 8 heteroatoms. The SMILES string of the molecule is CN(CCOc1cccc(Cl)c1)C(=O)c1ccccc1-n1cnnn1. The summed E-state index contributed by atoms with van der Waals surface area (Å²) in [7, 11) is 1.72. The van der Waals surface area contributed by atoms with Crippen molar-refractivity contribution in [3.05, 3.63) is 65.4 Å². The van der Waals surface area contributed by atoms with Gasteiger partial charge in [-0.05, 0) is 40.8 Å². The largest absolute Gasteiger partial charge is 0.492 e. The molecule has 0 spiro atoms.